The van der Waals surface area contributed by atoms with E-state index in [1.165, 1.54) is 6.07 Å². The fraction of sp³-hybridized carbons (Fsp3) is 0.360. The van der Waals surface area contributed by atoms with Crippen LogP contribution in [-0.2, 0) is 38.8 Å². The van der Waals surface area contributed by atoms with Crippen molar-refractivity contribution in [3.8, 4) is 5.75 Å². The van der Waals surface area contributed by atoms with E-state index >= 15 is 0 Å². The Kier molecular flexibility index (Phi) is 7.01. The van der Waals surface area contributed by atoms with Crippen LogP contribution in [0.1, 0.15) is 27.0 Å². The summed E-state index contributed by atoms with van der Waals surface area (Å²) < 4.78 is 11.2. The van der Waals surface area contributed by atoms with Crippen LogP contribution in [0, 0.1) is 0 Å². The van der Waals surface area contributed by atoms with Gasteiger partial charge < -0.3 is 24.1 Å². The molecule has 3 heterocycles. The highest BCUT2D eigenvalue weighted by Crippen LogP contribution is 2.57. The molecule has 12 radical (unpaired) electrons. The van der Waals surface area contributed by atoms with E-state index in [9.17, 15) is 19.2 Å². The van der Waals surface area contributed by atoms with E-state index in [-0.39, 0.29) is 36.0 Å². The number of nitrogens with zero attached hydrogens (tertiary/aromatic N) is 3. The number of imide groups is 1. The van der Waals surface area contributed by atoms with Gasteiger partial charge >= 0.3 is 0 Å². The maximum atomic E-state index is 13.4. The number of hydrogen-bond donors (Lipinski definition) is 0. The molecule has 4 amide bonds. The summed E-state index contributed by atoms with van der Waals surface area (Å²) in [5.74, 6) is -2.88. The fourth-order valence-electron chi connectivity index (χ4n) is 5.05. The second-order valence-electron chi connectivity index (χ2n) is 10.1. The summed E-state index contributed by atoms with van der Waals surface area (Å²) in [6.07, 6.45) is 0. The van der Waals surface area contributed by atoms with Crippen molar-refractivity contribution < 1.29 is 28.7 Å². The zero-order chi connectivity index (χ0) is 29.0. The van der Waals surface area contributed by atoms with Crippen LogP contribution in [0.25, 0.3) is 0 Å². The number of amides is 4. The number of morpholine rings is 1. The first-order chi connectivity index (χ1) is 18.8. The fourth-order valence-corrected chi connectivity index (χ4v) is 5.05. The molecule has 40 heavy (non-hydrogen) atoms. The summed E-state index contributed by atoms with van der Waals surface area (Å²) in [5, 5.41) is -5.16. The third-order valence-corrected chi connectivity index (χ3v) is 7.66. The summed E-state index contributed by atoms with van der Waals surface area (Å²) in [6, 6.07) is 12.4. The number of piperidine rings is 1. The zero-order valence-electron chi connectivity index (χ0n) is 21.5. The van der Waals surface area contributed by atoms with E-state index in [2.05, 4.69) is 0 Å². The van der Waals surface area contributed by atoms with E-state index in [0.29, 0.717) is 31.0 Å². The Morgan fingerprint density at radius 2 is 1.57 bits per heavy atom. The Labute approximate surface area is 239 Å². The van der Waals surface area contributed by atoms with E-state index < -0.39 is 33.6 Å². The Morgan fingerprint density at radius 3 is 2.25 bits per heavy atom. The molecule has 2 aromatic carbocycles. The van der Waals surface area contributed by atoms with Crippen LogP contribution in [0.2, 0.25) is 10.4 Å². The number of hydrogen-bond acceptors (Lipinski definition) is 6. The molecule has 0 spiro atoms. The number of fused-ring (bicyclic) bond motifs is 1. The first kappa shape index (κ1) is 28.2. The van der Waals surface area contributed by atoms with Crippen molar-refractivity contribution in [1.82, 2.24) is 14.6 Å². The highest BCUT2D eigenvalue weighted by atomic mass is 16.5. The largest absolute Gasteiger partial charge is 0.489 e. The Morgan fingerprint density at radius 1 is 0.900 bits per heavy atom. The quantitative estimate of drug-likeness (QED) is 0.350. The lowest BCUT2D eigenvalue weighted by Crippen LogP contribution is -2.75. The van der Waals surface area contributed by atoms with E-state index in [0.717, 1.165) is 16.0 Å². The maximum Gasteiger partial charge on any atom is 0.254 e. The minimum Gasteiger partial charge on any atom is -0.489 e. The van der Waals surface area contributed by atoms with Crippen LogP contribution >= 0.6 is 0 Å². The molecule has 2 aromatic rings. The number of benzene rings is 2. The summed E-state index contributed by atoms with van der Waals surface area (Å²) in [4.78, 5) is 53.8. The molecular weight excluding hydrogens is 503 g/mol. The molecule has 9 nitrogen and oxygen atoms in total. The minimum atomic E-state index is -2.59. The highest BCUT2D eigenvalue weighted by Gasteiger charge is 2.64. The van der Waals surface area contributed by atoms with Gasteiger partial charge in [0.2, 0.25) is 25.7 Å². The van der Waals surface area contributed by atoms with Crippen molar-refractivity contribution in [2.45, 2.75) is 35.6 Å². The molecule has 1 unspecified atom stereocenters. The second-order valence-corrected chi connectivity index (χ2v) is 10.1. The number of ether oxygens (including phenoxy) is 2. The minimum absolute atomic E-state index is 0.0507. The van der Waals surface area contributed by atoms with Gasteiger partial charge in [-0.15, -0.1) is 0 Å². The molecule has 3 aliphatic heterocycles. The van der Waals surface area contributed by atoms with Crippen LogP contribution in [0.3, 0.4) is 0 Å². The molecule has 2 saturated heterocycles. The number of carbonyl (C=O) groups is 4. The maximum absolute atomic E-state index is 13.4. The second kappa shape index (κ2) is 9.94. The molecular formula is C25H19B6N3O6. The van der Waals surface area contributed by atoms with Gasteiger partial charge in [-0.1, -0.05) is 35.5 Å². The van der Waals surface area contributed by atoms with Crippen LogP contribution in [0.4, 0.5) is 0 Å². The smallest absolute Gasteiger partial charge is 0.254 e. The Bertz CT molecular complexity index is 1400. The van der Waals surface area contributed by atoms with Crippen molar-refractivity contribution in [2.75, 3.05) is 19.8 Å². The van der Waals surface area contributed by atoms with Crippen molar-refractivity contribution in [3.05, 3.63) is 64.7 Å². The van der Waals surface area contributed by atoms with Gasteiger partial charge in [0.15, 0.2) is 0 Å². The third-order valence-electron chi connectivity index (χ3n) is 7.66. The molecule has 0 saturated carbocycles. The first-order valence-corrected chi connectivity index (χ1v) is 12.4. The van der Waals surface area contributed by atoms with Gasteiger partial charge in [0.1, 0.15) is 26.8 Å². The van der Waals surface area contributed by atoms with E-state index in [1.54, 1.807) is 17.0 Å². The average molecular weight is 522 g/mol. The Hall–Kier alpha value is -3.33. The van der Waals surface area contributed by atoms with Gasteiger partial charge in [-0.05, 0) is 28.5 Å². The lowest BCUT2D eigenvalue weighted by Gasteiger charge is -2.62. The molecule has 2 fully saturated rings. The lowest BCUT2D eigenvalue weighted by atomic mass is 9.21. The molecule has 5 rings (SSSR count). The van der Waals surface area contributed by atoms with Gasteiger partial charge in [0, 0.05) is 24.2 Å². The Balaban J connectivity index is 1.34. The van der Waals surface area contributed by atoms with Crippen LogP contribution in [0.15, 0.2) is 42.5 Å². The van der Waals surface area contributed by atoms with Crippen LogP contribution in [-0.4, -0.2) is 111 Å². The molecule has 0 bridgehead atoms. The van der Waals surface area contributed by atoms with Crippen LogP contribution in [0.5, 0.6) is 5.75 Å². The van der Waals surface area contributed by atoms with Crippen molar-refractivity contribution in [3.63, 3.8) is 0 Å². The summed E-state index contributed by atoms with van der Waals surface area (Å²) >= 11 is 0. The van der Waals surface area contributed by atoms with Crippen LogP contribution < -0.4 is 4.74 Å². The van der Waals surface area contributed by atoms with E-state index in [1.807, 2.05) is 24.3 Å². The summed E-state index contributed by atoms with van der Waals surface area (Å²) in [7, 11) is 36.1. The molecule has 188 valence electrons. The molecule has 0 aliphatic carbocycles. The number of carbonyl (C=O) groups excluding carboxylic acids is 4. The molecule has 0 aromatic heterocycles. The van der Waals surface area contributed by atoms with Crippen molar-refractivity contribution in [2.24, 2.45) is 0 Å². The molecule has 3 aliphatic rings. The van der Waals surface area contributed by atoms with Gasteiger partial charge in [0.05, 0.1) is 50.0 Å². The normalized spacial score (nSPS) is 23.9. The first-order valence-electron chi connectivity index (χ1n) is 12.4. The van der Waals surface area contributed by atoms with Gasteiger partial charge in [0.25, 0.3) is 5.91 Å². The molecule has 0 N–H and O–H groups in total. The highest BCUT2D eigenvalue weighted by molar-refractivity contribution is 6.68. The summed E-state index contributed by atoms with van der Waals surface area (Å²) in [5.41, 5.74) is -0.156. The number of rotatable bonds is 6. The SMILES string of the molecule is [B]N1C(=O)C([B])([B])C([B])([B])C([B])(N2Cc3c(OCc4ccc(CN5CCOCC5=O)cc4)cccc3C2=O)C1=O. The van der Waals surface area contributed by atoms with Gasteiger partial charge in [-0.2, -0.15) is 0 Å². The van der Waals surface area contributed by atoms with E-state index in [4.69, 9.17) is 56.7 Å². The van der Waals surface area contributed by atoms with Gasteiger partial charge in [-0.3, -0.25) is 19.2 Å². The molecule has 15 heteroatoms. The third kappa shape index (κ3) is 4.21. The molecule has 1 atom stereocenters. The monoisotopic (exact) mass is 523 g/mol. The van der Waals surface area contributed by atoms with Gasteiger partial charge in [-0.25, -0.2) is 0 Å². The lowest BCUT2D eigenvalue weighted by molar-refractivity contribution is -0.149. The summed E-state index contributed by atoms with van der Waals surface area (Å²) in [6.45, 7) is 1.54. The van der Waals surface area contributed by atoms with Crippen molar-refractivity contribution in [1.29, 1.82) is 0 Å². The van der Waals surface area contributed by atoms with Crippen molar-refractivity contribution >= 4 is 70.8 Å². The topological polar surface area (TPSA) is 96.5 Å². The predicted molar refractivity (Wildman–Crippen MR) is 148 cm³/mol. The zero-order valence-corrected chi connectivity index (χ0v) is 21.5. The standard InChI is InChI=1S/C25H19B6N3O6/c26-23(27)21(37)34(31)22(38)24(28,25(23,29)30)33-11-17-16(20(33)36)2-1-3-18(17)40-12-15-6-4-14(5-7-15)10-32-8-9-39-13-19(32)35/h1-7H,8-13H2. The average Bonchev–Trinajstić information content (AvgIpc) is 3.28. The predicted octanol–water partition coefficient (Wildman–Crippen LogP) is -1.20.